The third-order valence-electron chi connectivity index (χ3n) is 1.80. The predicted octanol–water partition coefficient (Wildman–Crippen LogP) is 0.447. The lowest BCUT2D eigenvalue weighted by Crippen LogP contribution is -2.24. The molecule has 0 unspecified atom stereocenters. The predicted molar refractivity (Wildman–Crippen MR) is 50.9 cm³/mol. The number of nitrogens with one attached hydrogen (secondary N) is 1. The van der Waals surface area contributed by atoms with Crippen LogP contribution in [0.1, 0.15) is 11.3 Å². The second-order valence-corrected chi connectivity index (χ2v) is 3.61. The first-order chi connectivity index (χ1) is 5.77. The van der Waals surface area contributed by atoms with E-state index in [2.05, 4.69) is 9.97 Å². The Labute approximate surface area is 82.5 Å². The first-order valence-corrected chi connectivity index (χ1v) is 4.70. The Morgan fingerprint density at radius 3 is 3.25 bits per heavy atom. The topological polar surface area (TPSA) is 55.0 Å². The number of aromatic nitrogens is 2. The van der Waals surface area contributed by atoms with E-state index in [-0.39, 0.29) is 5.56 Å². The fraction of sp³-hybridized carbons (Fsp3) is 0.429. The fourth-order valence-electron chi connectivity index (χ4n) is 1.21. The summed E-state index contributed by atoms with van der Waals surface area (Å²) < 4.78 is 5.81. The molecule has 0 saturated carbocycles. The van der Waals surface area contributed by atoms with Crippen LogP contribution in [-0.2, 0) is 17.8 Å². The highest BCUT2D eigenvalue weighted by atomic mass is 127. The van der Waals surface area contributed by atoms with Gasteiger partial charge in [-0.05, 0) is 22.6 Å². The van der Waals surface area contributed by atoms with Gasteiger partial charge in [0.05, 0.1) is 24.5 Å². The van der Waals surface area contributed by atoms with Gasteiger partial charge in [0.15, 0.2) is 3.83 Å². The van der Waals surface area contributed by atoms with Crippen LogP contribution >= 0.6 is 22.6 Å². The van der Waals surface area contributed by atoms with Gasteiger partial charge in [-0.25, -0.2) is 4.98 Å². The van der Waals surface area contributed by atoms with Gasteiger partial charge in [0, 0.05) is 6.42 Å². The quantitative estimate of drug-likeness (QED) is 0.553. The lowest BCUT2D eigenvalue weighted by molar-refractivity contribution is 0.108. The molecule has 12 heavy (non-hydrogen) atoms. The number of ether oxygens (including phenoxy) is 1. The summed E-state index contributed by atoms with van der Waals surface area (Å²) in [6.45, 7) is 1.06. The second-order valence-electron chi connectivity index (χ2n) is 2.58. The summed E-state index contributed by atoms with van der Waals surface area (Å²) in [4.78, 5) is 18.2. The van der Waals surface area contributed by atoms with Crippen molar-refractivity contribution in [1.82, 2.24) is 9.97 Å². The van der Waals surface area contributed by atoms with Crippen LogP contribution in [0.15, 0.2) is 4.79 Å². The van der Waals surface area contributed by atoms with E-state index in [1.165, 1.54) is 0 Å². The van der Waals surface area contributed by atoms with Crippen LogP contribution in [-0.4, -0.2) is 16.6 Å². The van der Waals surface area contributed by atoms with Gasteiger partial charge in [-0.2, -0.15) is 0 Å². The van der Waals surface area contributed by atoms with Gasteiger partial charge in [0.2, 0.25) is 0 Å². The van der Waals surface area contributed by atoms with Crippen molar-refractivity contribution in [3.63, 3.8) is 0 Å². The molecule has 4 nitrogen and oxygen atoms in total. The highest BCUT2D eigenvalue weighted by Gasteiger charge is 2.14. The van der Waals surface area contributed by atoms with E-state index in [0.717, 1.165) is 12.1 Å². The zero-order valence-corrected chi connectivity index (χ0v) is 8.42. The third-order valence-corrected chi connectivity index (χ3v) is 2.31. The smallest absolute Gasteiger partial charge is 0.257 e. The molecule has 2 heterocycles. The molecule has 0 bridgehead atoms. The van der Waals surface area contributed by atoms with E-state index in [0.29, 0.717) is 22.6 Å². The van der Waals surface area contributed by atoms with Crippen molar-refractivity contribution >= 4 is 22.6 Å². The molecule has 0 radical (unpaired) electrons. The molecule has 64 valence electrons. The van der Waals surface area contributed by atoms with Crippen LogP contribution in [0.25, 0.3) is 0 Å². The van der Waals surface area contributed by atoms with Gasteiger partial charge < -0.3 is 9.72 Å². The lowest BCUT2D eigenvalue weighted by Gasteiger charge is -2.13. The van der Waals surface area contributed by atoms with Crippen molar-refractivity contribution in [2.24, 2.45) is 0 Å². The first kappa shape index (κ1) is 8.18. The van der Waals surface area contributed by atoms with Gasteiger partial charge in [-0.3, -0.25) is 4.79 Å². The van der Waals surface area contributed by atoms with Crippen molar-refractivity contribution in [3.05, 3.63) is 25.4 Å². The molecule has 1 aliphatic heterocycles. The van der Waals surface area contributed by atoms with Crippen molar-refractivity contribution in [3.8, 4) is 0 Å². The van der Waals surface area contributed by atoms with Crippen molar-refractivity contribution in [1.29, 1.82) is 0 Å². The Morgan fingerprint density at radius 2 is 2.42 bits per heavy atom. The number of aromatic amines is 1. The second kappa shape index (κ2) is 3.14. The third kappa shape index (κ3) is 1.38. The Kier molecular flexibility index (Phi) is 2.14. The minimum absolute atomic E-state index is 0.0656. The molecule has 0 aromatic carbocycles. The average Bonchev–Trinajstić information content (AvgIpc) is 2.04. The Hall–Kier alpha value is -0.430. The zero-order valence-electron chi connectivity index (χ0n) is 6.26. The Bertz CT molecular complexity index is 361. The van der Waals surface area contributed by atoms with Crippen LogP contribution in [0, 0.1) is 3.83 Å². The van der Waals surface area contributed by atoms with Gasteiger partial charge >= 0.3 is 0 Å². The summed E-state index contributed by atoms with van der Waals surface area (Å²) in [5.74, 6) is 0. The molecule has 1 aromatic heterocycles. The maximum atomic E-state index is 11.3. The van der Waals surface area contributed by atoms with E-state index >= 15 is 0 Å². The summed E-state index contributed by atoms with van der Waals surface area (Å²) in [7, 11) is 0. The van der Waals surface area contributed by atoms with Crippen LogP contribution in [0.4, 0.5) is 0 Å². The minimum atomic E-state index is -0.0656. The maximum Gasteiger partial charge on any atom is 0.257 e. The molecule has 0 amide bonds. The monoisotopic (exact) mass is 278 g/mol. The molecule has 0 spiro atoms. The standard InChI is InChI=1S/C7H7IN2O2/c8-7-9-5-1-2-12-3-4(5)6(11)10-7/h1-3H2,(H,9,10,11). The summed E-state index contributed by atoms with van der Waals surface area (Å²) in [6.07, 6.45) is 0.745. The number of fused-ring (bicyclic) bond motifs is 1. The summed E-state index contributed by atoms with van der Waals surface area (Å²) in [5, 5.41) is 0. The summed E-state index contributed by atoms with van der Waals surface area (Å²) >= 11 is 2.00. The number of H-pyrrole nitrogens is 1. The molecule has 5 heteroatoms. The van der Waals surface area contributed by atoms with Crippen molar-refractivity contribution < 1.29 is 4.74 Å². The van der Waals surface area contributed by atoms with E-state index in [1.54, 1.807) is 0 Å². The SMILES string of the molecule is O=c1[nH]c(I)nc2c1COCC2. The van der Waals surface area contributed by atoms with Crippen molar-refractivity contribution in [2.75, 3.05) is 6.61 Å². The number of hydrogen-bond acceptors (Lipinski definition) is 3. The fourth-order valence-corrected chi connectivity index (χ4v) is 1.75. The molecule has 1 aliphatic rings. The summed E-state index contributed by atoms with van der Waals surface area (Å²) in [6, 6.07) is 0. The molecule has 0 atom stereocenters. The van der Waals surface area contributed by atoms with Gasteiger partial charge in [-0.15, -0.1) is 0 Å². The first-order valence-electron chi connectivity index (χ1n) is 3.62. The number of rotatable bonds is 0. The molecule has 2 rings (SSSR count). The van der Waals surface area contributed by atoms with Crippen LogP contribution in [0.5, 0.6) is 0 Å². The van der Waals surface area contributed by atoms with Crippen molar-refractivity contribution in [2.45, 2.75) is 13.0 Å². The van der Waals surface area contributed by atoms with E-state index in [1.807, 2.05) is 22.6 Å². The number of nitrogens with zero attached hydrogens (tertiary/aromatic N) is 1. The highest BCUT2D eigenvalue weighted by Crippen LogP contribution is 2.10. The lowest BCUT2D eigenvalue weighted by atomic mass is 10.1. The molecule has 0 aliphatic carbocycles. The van der Waals surface area contributed by atoms with Gasteiger partial charge in [-0.1, -0.05) is 0 Å². The average molecular weight is 278 g/mol. The molecule has 0 fully saturated rings. The van der Waals surface area contributed by atoms with E-state index in [4.69, 9.17) is 4.74 Å². The Morgan fingerprint density at radius 1 is 1.58 bits per heavy atom. The maximum absolute atomic E-state index is 11.3. The molecular weight excluding hydrogens is 271 g/mol. The van der Waals surface area contributed by atoms with E-state index < -0.39 is 0 Å². The Balaban J connectivity index is 2.60. The number of hydrogen-bond donors (Lipinski definition) is 1. The summed E-state index contributed by atoms with van der Waals surface area (Å²) in [5.41, 5.74) is 1.50. The normalized spacial score (nSPS) is 15.8. The minimum Gasteiger partial charge on any atom is -0.376 e. The largest absolute Gasteiger partial charge is 0.376 e. The molecule has 1 N–H and O–H groups in total. The van der Waals surface area contributed by atoms with E-state index in [9.17, 15) is 4.79 Å². The van der Waals surface area contributed by atoms with Gasteiger partial charge in [0.25, 0.3) is 5.56 Å². The van der Waals surface area contributed by atoms with Crippen LogP contribution in [0.3, 0.4) is 0 Å². The molecular formula is C7H7IN2O2. The van der Waals surface area contributed by atoms with Crippen LogP contribution < -0.4 is 5.56 Å². The van der Waals surface area contributed by atoms with Gasteiger partial charge in [0.1, 0.15) is 0 Å². The highest BCUT2D eigenvalue weighted by molar-refractivity contribution is 14.1. The zero-order chi connectivity index (χ0) is 8.55. The number of halogens is 1. The van der Waals surface area contributed by atoms with Crippen LogP contribution in [0.2, 0.25) is 0 Å². The molecule has 0 saturated heterocycles. The molecule has 1 aromatic rings.